The molecule has 2 aromatic rings. The zero-order valence-electron chi connectivity index (χ0n) is 17.1. The Kier molecular flexibility index (Phi) is 4.61. The largest absolute Gasteiger partial charge is 0.0880 e. The second-order valence-corrected chi connectivity index (χ2v) is 16.2. The van der Waals surface area contributed by atoms with Gasteiger partial charge in [-0.3, -0.25) is 0 Å². The summed E-state index contributed by atoms with van der Waals surface area (Å²) in [6.07, 6.45) is 2.62. The Hall–Kier alpha value is -0.700. The van der Waals surface area contributed by atoms with Crippen molar-refractivity contribution < 1.29 is 0 Å². The molecule has 0 unspecified atom stereocenters. The van der Waals surface area contributed by atoms with E-state index < -0.39 is 0 Å². The van der Waals surface area contributed by atoms with Gasteiger partial charge >= 0.3 is 0 Å². The summed E-state index contributed by atoms with van der Waals surface area (Å²) in [7, 11) is -0.139. The summed E-state index contributed by atoms with van der Waals surface area (Å²) in [5.41, 5.74) is 8.07. The molecule has 0 aromatic heterocycles. The zero-order valence-corrected chi connectivity index (χ0v) is 18.9. The van der Waals surface area contributed by atoms with E-state index in [4.69, 9.17) is 0 Å². The minimum atomic E-state index is -0.0695. The van der Waals surface area contributed by atoms with Crippen LogP contribution in [0.1, 0.15) is 75.1 Å². The molecule has 2 aromatic carbocycles. The first kappa shape index (κ1) is 18.7. The normalized spacial score (nSPS) is 28.1. The molecule has 0 saturated heterocycles. The molecule has 2 aliphatic rings. The van der Waals surface area contributed by atoms with Crippen molar-refractivity contribution in [3.05, 3.63) is 70.8 Å². The molecule has 0 fully saturated rings. The van der Waals surface area contributed by atoms with Crippen molar-refractivity contribution in [2.24, 2.45) is 0 Å². The average Bonchev–Trinajstić information content (AvgIpc) is 3.12. The highest BCUT2D eigenvalue weighted by atomic mass is 31.1. The van der Waals surface area contributed by atoms with Crippen LogP contribution in [0.4, 0.5) is 0 Å². The lowest BCUT2D eigenvalue weighted by Crippen LogP contribution is -2.20. The lowest BCUT2D eigenvalue weighted by Gasteiger charge is -2.42. The highest BCUT2D eigenvalue weighted by molar-refractivity contribution is 7.63. The van der Waals surface area contributed by atoms with Crippen LogP contribution >= 0.6 is 15.8 Å². The number of hydrogen-bond donors (Lipinski definition) is 0. The summed E-state index contributed by atoms with van der Waals surface area (Å²) in [4.78, 5) is 0. The SMILES string of the molecule is CC(C)(C)[P@]1Cc2ccccc2[C@H]1[C@@H]1c2ccccc2C[P@@]1C(C)(C)C. The second kappa shape index (κ2) is 6.43. The van der Waals surface area contributed by atoms with Gasteiger partial charge < -0.3 is 0 Å². The van der Waals surface area contributed by atoms with E-state index in [1.807, 2.05) is 0 Å². The van der Waals surface area contributed by atoms with Crippen LogP contribution < -0.4 is 0 Å². The maximum absolute atomic E-state index is 2.48. The van der Waals surface area contributed by atoms with E-state index in [0.717, 1.165) is 11.3 Å². The Morgan fingerprint density at radius 1 is 0.615 bits per heavy atom. The standard InChI is InChI=1S/C24H32P2/c1-23(2,3)25-15-17-11-7-9-13-19(17)21(25)22-20-14-10-8-12-18(20)16-26(22)24(4,5)6/h7-14,21-22H,15-16H2,1-6H3/t21-,22-,25+,26+/m0/s1. The van der Waals surface area contributed by atoms with E-state index in [-0.39, 0.29) is 15.8 Å². The van der Waals surface area contributed by atoms with E-state index in [1.54, 1.807) is 22.3 Å². The van der Waals surface area contributed by atoms with Crippen LogP contribution in [0.2, 0.25) is 0 Å². The lowest BCUT2D eigenvalue weighted by atomic mass is 9.98. The van der Waals surface area contributed by atoms with Gasteiger partial charge in [0.15, 0.2) is 0 Å². The van der Waals surface area contributed by atoms with Crippen LogP contribution in [-0.4, -0.2) is 10.3 Å². The van der Waals surface area contributed by atoms with Crippen LogP contribution in [0.25, 0.3) is 0 Å². The molecular formula is C24H32P2. The van der Waals surface area contributed by atoms with Crippen LogP contribution in [-0.2, 0) is 12.3 Å². The van der Waals surface area contributed by atoms with E-state index >= 15 is 0 Å². The van der Waals surface area contributed by atoms with E-state index in [9.17, 15) is 0 Å². The first-order valence-corrected chi connectivity index (χ1v) is 13.1. The smallest absolute Gasteiger partial charge is 0.0161 e. The summed E-state index contributed by atoms with van der Waals surface area (Å²) >= 11 is 0. The summed E-state index contributed by atoms with van der Waals surface area (Å²) in [6, 6.07) is 18.7. The Labute approximate surface area is 162 Å². The summed E-state index contributed by atoms with van der Waals surface area (Å²) in [5.74, 6) is 0. The van der Waals surface area contributed by atoms with Crippen molar-refractivity contribution in [1.29, 1.82) is 0 Å². The van der Waals surface area contributed by atoms with Crippen molar-refractivity contribution in [2.75, 3.05) is 0 Å². The number of benzene rings is 2. The monoisotopic (exact) mass is 382 g/mol. The van der Waals surface area contributed by atoms with Gasteiger partial charge in [-0.05, 0) is 44.9 Å². The van der Waals surface area contributed by atoms with Crippen molar-refractivity contribution in [3.63, 3.8) is 0 Å². The van der Waals surface area contributed by atoms with E-state index in [0.29, 0.717) is 10.3 Å². The topological polar surface area (TPSA) is 0 Å². The summed E-state index contributed by atoms with van der Waals surface area (Å²) < 4.78 is 0. The first-order valence-electron chi connectivity index (χ1n) is 9.87. The molecular weight excluding hydrogens is 350 g/mol. The van der Waals surface area contributed by atoms with Gasteiger partial charge in [-0.15, -0.1) is 0 Å². The third kappa shape index (κ3) is 3.08. The predicted molar refractivity (Wildman–Crippen MR) is 119 cm³/mol. The van der Waals surface area contributed by atoms with E-state index in [1.165, 1.54) is 12.3 Å². The van der Waals surface area contributed by atoms with Gasteiger partial charge in [0.2, 0.25) is 0 Å². The molecule has 2 aliphatic heterocycles. The molecule has 0 bridgehead atoms. The fourth-order valence-corrected chi connectivity index (χ4v) is 12.3. The van der Waals surface area contributed by atoms with E-state index in [2.05, 4.69) is 90.1 Å². The molecule has 0 radical (unpaired) electrons. The molecule has 0 amide bonds. The van der Waals surface area contributed by atoms with Crippen molar-refractivity contribution >= 4 is 15.8 Å². The van der Waals surface area contributed by atoms with Gasteiger partial charge in [0.05, 0.1) is 0 Å². The van der Waals surface area contributed by atoms with Crippen LogP contribution in [0.5, 0.6) is 0 Å². The van der Waals surface area contributed by atoms with Crippen LogP contribution in [0.15, 0.2) is 48.5 Å². The average molecular weight is 382 g/mol. The fraction of sp³-hybridized carbons (Fsp3) is 0.500. The van der Waals surface area contributed by atoms with Gasteiger partial charge in [0, 0.05) is 11.3 Å². The highest BCUT2D eigenvalue weighted by Gasteiger charge is 2.50. The zero-order chi connectivity index (χ0) is 18.7. The third-order valence-corrected chi connectivity index (χ3v) is 13.7. The molecule has 138 valence electrons. The quantitative estimate of drug-likeness (QED) is 0.438. The third-order valence-electron chi connectivity index (χ3n) is 6.12. The second-order valence-electron chi connectivity index (χ2n) is 9.88. The number of rotatable bonds is 1. The maximum atomic E-state index is 2.48. The molecule has 4 atom stereocenters. The molecule has 0 saturated carbocycles. The molecule has 2 heteroatoms. The van der Waals surface area contributed by atoms with Gasteiger partial charge in [0.1, 0.15) is 0 Å². The van der Waals surface area contributed by atoms with Gasteiger partial charge in [0.25, 0.3) is 0 Å². The summed E-state index contributed by atoms with van der Waals surface area (Å²) in [5, 5.41) is 0.797. The molecule has 0 N–H and O–H groups in total. The highest BCUT2D eigenvalue weighted by Crippen LogP contribution is 2.80. The molecule has 0 nitrogen and oxygen atoms in total. The predicted octanol–water partition coefficient (Wildman–Crippen LogP) is 8.06. The van der Waals surface area contributed by atoms with Crippen molar-refractivity contribution in [3.8, 4) is 0 Å². The molecule has 2 heterocycles. The fourth-order valence-electron chi connectivity index (χ4n) is 4.82. The van der Waals surface area contributed by atoms with Crippen LogP contribution in [0, 0.1) is 0 Å². The number of fused-ring (bicyclic) bond motifs is 2. The minimum absolute atomic E-state index is 0.0695. The Morgan fingerprint density at radius 2 is 0.962 bits per heavy atom. The Morgan fingerprint density at radius 3 is 1.31 bits per heavy atom. The van der Waals surface area contributed by atoms with Crippen molar-refractivity contribution in [1.82, 2.24) is 0 Å². The molecule has 0 aliphatic carbocycles. The van der Waals surface area contributed by atoms with Gasteiger partial charge in [-0.2, -0.15) is 0 Å². The Bertz CT molecular complexity index is 740. The molecule has 0 spiro atoms. The lowest BCUT2D eigenvalue weighted by molar-refractivity contribution is 0.736. The summed E-state index contributed by atoms with van der Waals surface area (Å²) in [6.45, 7) is 14.9. The number of hydrogen-bond acceptors (Lipinski definition) is 0. The molecule has 4 rings (SSSR count). The van der Waals surface area contributed by atoms with Crippen LogP contribution in [0.3, 0.4) is 0 Å². The molecule has 26 heavy (non-hydrogen) atoms. The maximum Gasteiger partial charge on any atom is 0.0161 e. The Balaban J connectivity index is 1.89. The van der Waals surface area contributed by atoms with Gasteiger partial charge in [-0.25, -0.2) is 0 Å². The first-order chi connectivity index (χ1) is 12.2. The van der Waals surface area contributed by atoms with Gasteiger partial charge in [-0.1, -0.05) is 106 Å². The van der Waals surface area contributed by atoms with Crippen molar-refractivity contribution in [2.45, 2.75) is 75.5 Å². The minimum Gasteiger partial charge on any atom is -0.0880 e.